The van der Waals surface area contributed by atoms with Crippen molar-refractivity contribution < 1.29 is 0 Å². The van der Waals surface area contributed by atoms with Crippen molar-refractivity contribution in [2.75, 3.05) is 5.73 Å². The first kappa shape index (κ1) is 8.79. The minimum Gasteiger partial charge on any atom is -0.396 e. The molecule has 2 aromatic heterocycles. The molecule has 0 aliphatic rings. The number of nitrogens with zero attached hydrogens (tertiary/aromatic N) is 1. The Balaban J connectivity index is 2.31. The van der Waals surface area contributed by atoms with Crippen LogP contribution in [0.5, 0.6) is 0 Å². The van der Waals surface area contributed by atoms with E-state index in [-0.39, 0.29) is 0 Å². The molecular formula is C11H8N2S. The van der Waals surface area contributed by atoms with Gasteiger partial charge in [-0.25, -0.2) is 0 Å². The van der Waals surface area contributed by atoms with Crippen molar-refractivity contribution in [2.24, 2.45) is 0 Å². The molecule has 0 aliphatic carbocycles. The molecule has 3 heteroatoms. The molecule has 0 aliphatic heterocycles. The van der Waals surface area contributed by atoms with Crippen LogP contribution < -0.4 is 5.73 Å². The molecular weight excluding hydrogens is 192 g/mol. The monoisotopic (exact) mass is 200 g/mol. The average Bonchev–Trinajstić information content (AvgIpc) is 2.69. The van der Waals surface area contributed by atoms with Crippen molar-refractivity contribution in [3.63, 3.8) is 0 Å². The van der Waals surface area contributed by atoms with Crippen LogP contribution >= 0.6 is 11.3 Å². The largest absolute Gasteiger partial charge is 0.396 e. The molecule has 2 rings (SSSR count). The third kappa shape index (κ3) is 1.93. The van der Waals surface area contributed by atoms with Crippen molar-refractivity contribution in [1.29, 1.82) is 0 Å². The molecule has 2 aromatic rings. The molecule has 0 saturated heterocycles. The Morgan fingerprint density at radius 1 is 1.29 bits per heavy atom. The lowest BCUT2D eigenvalue weighted by Crippen LogP contribution is -1.90. The fourth-order valence-electron chi connectivity index (χ4n) is 0.999. The van der Waals surface area contributed by atoms with Gasteiger partial charge in [-0.3, -0.25) is 4.98 Å². The SMILES string of the molecule is Nc1cnccc1C#Cc1cccs1. The maximum atomic E-state index is 5.70. The Labute approximate surface area is 86.4 Å². The van der Waals surface area contributed by atoms with E-state index in [1.54, 1.807) is 23.7 Å². The van der Waals surface area contributed by atoms with Crippen molar-refractivity contribution in [1.82, 2.24) is 4.98 Å². The van der Waals surface area contributed by atoms with Gasteiger partial charge in [0.2, 0.25) is 0 Å². The molecule has 2 N–H and O–H groups in total. The Hall–Kier alpha value is -1.79. The van der Waals surface area contributed by atoms with Crippen LogP contribution in [0, 0.1) is 11.8 Å². The van der Waals surface area contributed by atoms with Crippen LogP contribution in [0.1, 0.15) is 10.4 Å². The lowest BCUT2D eigenvalue weighted by molar-refractivity contribution is 1.32. The molecule has 2 nitrogen and oxygen atoms in total. The zero-order chi connectivity index (χ0) is 9.80. The van der Waals surface area contributed by atoms with Crippen molar-refractivity contribution in [3.05, 3.63) is 46.4 Å². The molecule has 14 heavy (non-hydrogen) atoms. The van der Waals surface area contributed by atoms with Crippen LogP contribution in [-0.2, 0) is 0 Å². The molecule has 0 aromatic carbocycles. The predicted octanol–water partition coefficient (Wildman–Crippen LogP) is 2.13. The lowest BCUT2D eigenvalue weighted by Gasteiger charge is -1.93. The van der Waals surface area contributed by atoms with E-state index >= 15 is 0 Å². The summed E-state index contributed by atoms with van der Waals surface area (Å²) in [6.07, 6.45) is 3.30. The van der Waals surface area contributed by atoms with E-state index in [0.29, 0.717) is 5.69 Å². The van der Waals surface area contributed by atoms with Gasteiger partial charge in [-0.15, -0.1) is 11.3 Å². The maximum absolute atomic E-state index is 5.70. The van der Waals surface area contributed by atoms with E-state index in [4.69, 9.17) is 5.73 Å². The van der Waals surface area contributed by atoms with Crippen LogP contribution in [0.4, 0.5) is 5.69 Å². The molecule has 0 radical (unpaired) electrons. The van der Waals surface area contributed by atoms with E-state index in [9.17, 15) is 0 Å². The summed E-state index contributed by atoms with van der Waals surface area (Å²) in [5, 5.41) is 2.00. The number of hydrogen-bond acceptors (Lipinski definition) is 3. The minimum absolute atomic E-state index is 0.622. The zero-order valence-electron chi connectivity index (χ0n) is 7.40. The summed E-state index contributed by atoms with van der Waals surface area (Å²) in [6, 6.07) is 5.77. The second-order valence-electron chi connectivity index (χ2n) is 2.69. The van der Waals surface area contributed by atoms with Crippen LogP contribution in [0.2, 0.25) is 0 Å². The number of nitrogens with two attached hydrogens (primary N) is 1. The van der Waals surface area contributed by atoms with E-state index in [0.717, 1.165) is 10.4 Å². The molecule has 0 fully saturated rings. The quantitative estimate of drug-likeness (QED) is 0.662. The number of thiophene rings is 1. The molecule has 0 amide bonds. The van der Waals surface area contributed by atoms with Gasteiger partial charge in [0, 0.05) is 6.20 Å². The van der Waals surface area contributed by atoms with Gasteiger partial charge in [0.15, 0.2) is 0 Å². The molecule has 68 valence electrons. The van der Waals surface area contributed by atoms with Crippen LogP contribution in [0.25, 0.3) is 0 Å². The van der Waals surface area contributed by atoms with Gasteiger partial charge in [-0.1, -0.05) is 17.9 Å². The summed E-state index contributed by atoms with van der Waals surface area (Å²) in [5.41, 5.74) is 7.15. The standard InChI is InChI=1S/C11H8N2S/c12-11-8-13-6-5-9(11)3-4-10-2-1-7-14-10/h1-2,5-8H,12H2. The van der Waals surface area contributed by atoms with E-state index < -0.39 is 0 Å². The third-order valence-electron chi connectivity index (χ3n) is 1.69. The van der Waals surface area contributed by atoms with Gasteiger partial charge in [-0.05, 0) is 17.5 Å². The Bertz CT molecular complexity index is 477. The number of aromatic nitrogens is 1. The summed E-state index contributed by atoms with van der Waals surface area (Å²) in [7, 11) is 0. The van der Waals surface area contributed by atoms with Crippen LogP contribution in [-0.4, -0.2) is 4.98 Å². The number of anilines is 1. The van der Waals surface area contributed by atoms with Crippen LogP contribution in [0.15, 0.2) is 36.0 Å². The topological polar surface area (TPSA) is 38.9 Å². The van der Waals surface area contributed by atoms with E-state index in [2.05, 4.69) is 16.8 Å². The second-order valence-corrected chi connectivity index (χ2v) is 3.64. The van der Waals surface area contributed by atoms with Gasteiger partial charge in [0.25, 0.3) is 0 Å². The molecule has 0 atom stereocenters. The Morgan fingerprint density at radius 2 is 2.21 bits per heavy atom. The minimum atomic E-state index is 0.622. The maximum Gasteiger partial charge on any atom is 0.0772 e. The highest BCUT2D eigenvalue weighted by Gasteiger charge is 1.92. The molecule has 0 unspecified atom stereocenters. The number of nitrogen functional groups attached to an aromatic ring is 1. The molecule has 0 saturated carbocycles. The summed E-state index contributed by atoms with van der Waals surface area (Å²) >= 11 is 1.62. The van der Waals surface area contributed by atoms with Crippen molar-refractivity contribution in [3.8, 4) is 11.8 Å². The Kier molecular flexibility index (Phi) is 2.48. The smallest absolute Gasteiger partial charge is 0.0772 e. The molecule has 0 spiro atoms. The van der Waals surface area contributed by atoms with Gasteiger partial charge < -0.3 is 5.73 Å². The third-order valence-corrected chi connectivity index (χ3v) is 2.48. The predicted molar refractivity (Wildman–Crippen MR) is 58.9 cm³/mol. The molecule has 0 bridgehead atoms. The highest BCUT2D eigenvalue weighted by molar-refractivity contribution is 7.10. The van der Waals surface area contributed by atoms with Crippen molar-refractivity contribution >= 4 is 17.0 Å². The average molecular weight is 200 g/mol. The number of rotatable bonds is 0. The second kappa shape index (κ2) is 3.95. The van der Waals surface area contributed by atoms with Gasteiger partial charge in [0.05, 0.1) is 22.3 Å². The van der Waals surface area contributed by atoms with E-state index in [1.807, 2.05) is 23.6 Å². The van der Waals surface area contributed by atoms with Gasteiger partial charge >= 0.3 is 0 Å². The first-order chi connectivity index (χ1) is 6.86. The summed E-state index contributed by atoms with van der Waals surface area (Å²) < 4.78 is 0. The normalized spacial score (nSPS) is 9.14. The summed E-state index contributed by atoms with van der Waals surface area (Å²) in [5.74, 6) is 6.05. The van der Waals surface area contributed by atoms with Gasteiger partial charge in [-0.2, -0.15) is 0 Å². The highest BCUT2D eigenvalue weighted by Crippen LogP contribution is 2.09. The highest BCUT2D eigenvalue weighted by atomic mass is 32.1. The first-order valence-corrected chi connectivity index (χ1v) is 4.99. The lowest BCUT2D eigenvalue weighted by atomic mass is 10.2. The fraction of sp³-hybridized carbons (Fsp3) is 0. The summed E-state index contributed by atoms with van der Waals surface area (Å²) in [6.45, 7) is 0. The van der Waals surface area contributed by atoms with Crippen molar-refractivity contribution in [2.45, 2.75) is 0 Å². The van der Waals surface area contributed by atoms with Crippen LogP contribution in [0.3, 0.4) is 0 Å². The zero-order valence-corrected chi connectivity index (χ0v) is 8.21. The Morgan fingerprint density at radius 3 is 2.93 bits per heavy atom. The number of hydrogen-bond donors (Lipinski definition) is 1. The van der Waals surface area contributed by atoms with E-state index in [1.165, 1.54) is 0 Å². The first-order valence-electron chi connectivity index (χ1n) is 4.11. The summed E-state index contributed by atoms with van der Waals surface area (Å²) in [4.78, 5) is 4.94. The van der Waals surface area contributed by atoms with Gasteiger partial charge in [0.1, 0.15) is 0 Å². The fourth-order valence-corrected chi connectivity index (χ4v) is 1.57. The number of pyridine rings is 1. The molecule has 2 heterocycles.